The molecule has 0 heterocycles. The predicted octanol–water partition coefficient (Wildman–Crippen LogP) is 1.54. The first-order valence-corrected chi connectivity index (χ1v) is 3.82. The van der Waals surface area contributed by atoms with E-state index in [9.17, 15) is 0 Å². The molecule has 3 nitrogen and oxygen atoms in total. The lowest BCUT2D eigenvalue weighted by Crippen LogP contribution is -1.99. The van der Waals surface area contributed by atoms with E-state index in [1.54, 1.807) is 18.2 Å². The number of nitrogens with two attached hydrogens (primary N) is 1. The third-order valence-electron chi connectivity index (χ3n) is 1.27. The Hall–Kier alpha value is -0.580. The third kappa shape index (κ3) is 2.18. The lowest BCUT2D eigenvalue weighted by Gasteiger charge is -2.02. The second kappa shape index (κ2) is 3.71. The molecule has 0 atom stereocenters. The molecule has 4 heteroatoms. The number of aromatic hydroxyl groups is 1. The largest absolute Gasteiger partial charge is 0.508 e. The molecule has 1 rings (SSSR count). The van der Waals surface area contributed by atoms with Crippen LogP contribution in [-0.2, 0) is 11.4 Å². The van der Waals surface area contributed by atoms with Crippen LogP contribution < -0.4 is 5.90 Å². The normalized spacial score (nSPS) is 10.0. The number of phenolic OH excluding ortho intramolecular Hbond substituents is 1. The van der Waals surface area contributed by atoms with Crippen molar-refractivity contribution in [2.24, 2.45) is 5.90 Å². The van der Waals surface area contributed by atoms with E-state index in [-0.39, 0.29) is 12.4 Å². The van der Waals surface area contributed by atoms with Crippen molar-refractivity contribution in [1.29, 1.82) is 0 Å². The fourth-order valence-electron chi connectivity index (χ4n) is 0.762. The zero-order valence-corrected chi connectivity index (χ0v) is 7.34. The summed E-state index contributed by atoms with van der Waals surface area (Å²) in [6.07, 6.45) is 0. The fourth-order valence-corrected chi connectivity index (χ4v) is 1.12. The van der Waals surface area contributed by atoms with Gasteiger partial charge < -0.3 is 5.11 Å². The van der Waals surface area contributed by atoms with Crippen LogP contribution in [0.15, 0.2) is 22.7 Å². The molecule has 0 spiro atoms. The second-order valence-corrected chi connectivity index (χ2v) is 2.94. The van der Waals surface area contributed by atoms with Crippen molar-refractivity contribution in [2.45, 2.75) is 6.61 Å². The van der Waals surface area contributed by atoms with Gasteiger partial charge >= 0.3 is 0 Å². The van der Waals surface area contributed by atoms with Crippen molar-refractivity contribution >= 4 is 15.9 Å². The molecular weight excluding hydrogens is 210 g/mol. The Kier molecular flexibility index (Phi) is 2.87. The van der Waals surface area contributed by atoms with E-state index in [4.69, 9.17) is 11.0 Å². The molecule has 0 amide bonds. The highest BCUT2D eigenvalue weighted by atomic mass is 79.9. The summed E-state index contributed by atoms with van der Waals surface area (Å²) in [6, 6.07) is 4.92. The van der Waals surface area contributed by atoms with E-state index < -0.39 is 0 Å². The molecule has 0 aliphatic rings. The minimum Gasteiger partial charge on any atom is -0.508 e. The third-order valence-corrected chi connectivity index (χ3v) is 2.04. The molecule has 0 saturated carbocycles. The monoisotopic (exact) mass is 217 g/mol. The topological polar surface area (TPSA) is 55.5 Å². The molecule has 60 valence electrons. The summed E-state index contributed by atoms with van der Waals surface area (Å²) in [5.41, 5.74) is 0.826. The van der Waals surface area contributed by atoms with E-state index in [1.807, 2.05) is 0 Å². The van der Waals surface area contributed by atoms with E-state index in [1.165, 1.54) is 0 Å². The number of rotatable bonds is 2. The molecule has 0 aliphatic heterocycles. The summed E-state index contributed by atoms with van der Waals surface area (Å²) in [7, 11) is 0. The van der Waals surface area contributed by atoms with E-state index in [0.717, 1.165) is 10.0 Å². The van der Waals surface area contributed by atoms with Gasteiger partial charge in [-0.2, -0.15) is 0 Å². The van der Waals surface area contributed by atoms with Gasteiger partial charge in [0.2, 0.25) is 0 Å². The average molecular weight is 218 g/mol. The van der Waals surface area contributed by atoms with Crippen molar-refractivity contribution in [3.05, 3.63) is 28.2 Å². The number of phenols is 1. The van der Waals surface area contributed by atoms with Gasteiger partial charge in [-0.15, -0.1) is 0 Å². The number of hydrogen-bond donors (Lipinski definition) is 2. The van der Waals surface area contributed by atoms with Gasteiger partial charge in [0, 0.05) is 4.47 Å². The summed E-state index contributed by atoms with van der Waals surface area (Å²) < 4.78 is 0.876. The first kappa shape index (κ1) is 8.52. The van der Waals surface area contributed by atoms with Gasteiger partial charge in [-0.25, -0.2) is 5.90 Å². The summed E-state index contributed by atoms with van der Waals surface area (Å²) in [6.45, 7) is 0.287. The van der Waals surface area contributed by atoms with Crippen LogP contribution in [0.4, 0.5) is 0 Å². The molecule has 1 aromatic rings. The van der Waals surface area contributed by atoms with Crippen LogP contribution in [0.2, 0.25) is 0 Å². The summed E-state index contributed by atoms with van der Waals surface area (Å²) in [5, 5.41) is 9.05. The first-order chi connectivity index (χ1) is 5.24. The second-order valence-electron chi connectivity index (χ2n) is 2.09. The van der Waals surface area contributed by atoms with Gasteiger partial charge in [-0.1, -0.05) is 15.9 Å². The Labute approximate surface area is 72.9 Å². The maximum Gasteiger partial charge on any atom is 0.116 e. The van der Waals surface area contributed by atoms with Crippen molar-refractivity contribution in [3.63, 3.8) is 0 Å². The Morgan fingerprint density at radius 3 is 2.91 bits per heavy atom. The van der Waals surface area contributed by atoms with Gasteiger partial charge in [0.25, 0.3) is 0 Å². The summed E-state index contributed by atoms with van der Waals surface area (Å²) >= 11 is 3.28. The Morgan fingerprint density at radius 2 is 2.27 bits per heavy atom. The van der Waals surface area contributed by atoms with Crippen molar-refractivity contribution < 1.29 is 9.94 Å². The molecule has 0 aliphatic carbocycles. The number of hydrogen-bond acceptors (Lipinski definition) is 3. The molecule has 0 bridgehead atoms. The molecule has 0 saturated heterocycles. The minimum absolute atomic E-state index is 0.209. The van der Waals surface area contributed by atoms with Crippen LogP contribution >= 0.6 is 15.9 Å². The maximum atomic E-state index is 9.05. The number of benzene rings is 1. The molecule has 0 aromatic heterocycles. The zero-order valence-electron chi connectivity index (χ0n) is 5.75. The summed E-state index contributed by atoms with van der Waals surface area (Å²) in [5.74, 6) is 5.09. The quantitative estimate of drug-likeness (QED) is 0.740. The van der Waals surface area contributed by atoms with Gasteiger partial charge in [-0.05, 0) is 23.8 Å². The van der Waals surface area contributed by atoms with Gasteiger partial charge in [-0.3, -0.25) is 4.84 Å². The molecule has 0 unspecified atom stereocenters. The van der Waals surface area contributed by atoms with Crippen molar-refractivity contribution in [3.8, 4) is 5.75 Å². The SMILES string of the molecule is NOCc1cc(O)ccc1Br. The maximum absolute atomic E-state index is 9.05. The smallest absolute Gasteiger partial charge is 0.116 e. The lowest BCUT2D eigenvalue weighted by atomic mass is 10.2. The molecule has 11 heavy (non-hydrogen) atoms. The highest BCUT2D eigenvalue weighted by molar-refractivity contribution is 9.10. The lowest BCUT2D eigenvalue weighted by molar-refractivity contribution is 0.123. The van der Waals surface area contributed by atoms with Crippen molar-refractivity contribution in [2.75, 3.05) is 0 Å². The van der Waals surface area contributed by atoms with Crippen LogP contribution in [0.1, 0.15) is 5.56 Å². The van der Waals surface area contributed by atoms with E-state index in [2.05, 4.69) is 20.8 Å². The Balaban J connectivity index is 2.93. The minimum atomic E-state index is 0.209. The predicted molar refractivity (Wildman–Crippen MR) is 44.8 cm³/mol. The molecule has 0 fully saturated rings. The zero-order chi connectivity index (χ0) is 8.27. The van der Waals surface area contributed by atoms with Gasteiger partial charge in [0.1, 0.15) is 5.75 Å². The highest BCUT2D eigenvalue weighted by Gasteiger charge is 1.99. The van der Waals surface area contributed by atoms with Crippen LogP contribution in [0.3, 0.4) is 0 Å². The van der Waals surface area contributed by atoms with Gasteiger partial charge in [0.15, 0.2) is 0 Å². The van der Waals surface area contributed by atoms with E-state index >= 15 is 0 Å². The highest BCUT2D eigenvalue weighted by Crippen LogP contribution is 2.21. The average Bonchev–Trinajstić information content (AvgIpc) is 1.98. The van der Waals surface area contributed by atoms with Crippen LogP contribution in [0.5, 0.6) is 5.75 Å². The Morgan fingerprint density at radius 1 is 1.55 bits per heavy atom. The molecule has 0 radical (unpaired) electrons. The number of halogens is 1. The van der Waals surface area contributed by atoms with Crippen LogP contribution in [0.25, 0.3) is 0 Å². The van der Waals surface area contributed by atoms with E-state index in [0.29, 0.717) is 0 Å². The molecule has 1 aromatic carbocycles. The fraction of sp³-hybridized carbons (Fsp3) is 0.143. The van der Waals surface area contributed by atoms with Crippen LogP contribution in [0, 0.1) is 0 Å². The molecule has 3 N–H and O–H groups in total. The van der Waals surface area contributed by atoms with Crippen LogP contribution in [-0.4, -0.2) is 5.11 Å². The standard InChI is InChI=1S/C7H8BrNO2/c8-7-2-1-6(10)3-5(7)4-11-9/h1-3,10H,4,9H2. The van der Waals surface area contributed by atoms with Gasteiger partial charge in [0.05, 0.1) is 6.61 Å². The first-order valence-electron chi connectivity index (χ1n) is 3.03. The van der Waals surface area contributed by atoms with Crippen molar-refractivity contribution in [1.82, 2.24) is 0 Å². The molecular formula is C7H8BrNO2. The Bertz CT molecular complexity index is 252. The summed E-state index contributed by atoms with van der Waals surface area (Å²) in [4.78, 5) is 4.42.